The van der Waals surface area contributed by atoms with Crippen LogP contribution >= 0.6 is 11.8 Å². The minimum absolute atomic E-state index is 0.0490. The highest BCUT2D eigenvalue weighted by Crippen LogP contribution is 2.35. The number of carbonyl (C=O) groups is 1. The minimum Gasteiger partial charge on any atom is -0.379 e. The highest BCUT2D eigenvalue weighted by atomic mass is 32.2. The Morgan fingerprint density at radius 1 is 1.12 bits per heavy atom. The van der Waals surface area contributed by atoms with Gasteiger partial charge < -0.3 is 9.30 Å². The molecule has 7 heteroatoms. The molecule has 2 aliphatic rings. The first-order valence-corrected chi connectivity index (χ1v) is 12.2. The lowest BCUT2D eigenvalue weighted by Gasteiger charge is -2.27. The van der Waals surface area contributed by atoms with E-state index in [-0.39, 0.29) is 5.91 Å². The van der Waals surface area contributed by atoms with Gasteiger partial charge in [-0.25, -0.2) is 4.99 Å². The standard InChI is InChI=1S/C25H32N4O2S/c1-4-28-19(2)17-21(20(28)3)18-23-24(30)29(12-8-11-27-13-15-31-16-14-27)25(32-23)26-22-9-6-5-7-10-22/h5-7,9-10,17-18H,4,8,11-16H2,1-3H3/b23-18-,26-25?. The molecule has 0 aliphatic carbocycles. The van der Waals surface area contributed by atoms with Gasteiger partial charge in [0.15, 0.2) is 5.17 Å². The summed E-state index contributed by atoms with van der Waals surface area (Å²) < 4.78 is 7.71. The minimum atomic E-state index is 0.0490. The van der Waals surface area contributed by atoms with Crippen LogP contribution in [0.4, 0.5) is 5.69 Å². The normalized spacial score (nSPS) is 20.1. The van der Waals surface area contributed by atoms with Crippen LogP contribution in [0.1, 0.15) is 30.3 Å². The molecule has 32 heavy (non-hydrogen) atoms. The zero-order valence-electron chi connectivity index (χ0n) is 19.2. The van der Waals surface area contributed by atoms with Crippen molar-refractivity contribution in [2.24, 2.45) is 4.99 Å². The van der Waals surface area contributed by atoms with Crippen LogP contribution in [0.5, 0.6) is 0 Å². The number of carbonyl (C=O) groups excluding carboxylic acids is 1. The van der Waals surface area contributed by atoms with Crippen molar-refractivity contribution >= 4 is 34.6 Å². The Labute approximate surface area is 194 Å². The van der Waals surface area contributed by atoms with Gasteiger partial charge >= 0.3 is 0 Å². The lowest BCUT2D eigenvalue weighted by molar-refractivity contribution is -0.122. The number of amides is 1. The summed E-state index contributed by atoms with van der Waals surface area (Å²) >= 11 is 1.48. The lowest BCUT2D eigenvalue weighted by atomic mass is 10.2. The molecule has 4 rings (SSSR count). The number of amidine groups is 1. The van der Waals surface area contributed by atoms with Gasteiger partial charge in [-0.1, -0.05) is 18.2 Å². The number of nitrogens with zero attached hydrogens (tertiary/aromatic N) is 4. The second-order valence-electron chi connectivity index (χ2n) is 8.18. The van der Waals surface area contributed by atoms with Gasteiger partial charge in [-0.2, -0.15) is 0 Å². The first-order chi connectivity index (χ1) is 15.6. The number of benzene rings is 1. The van der Waals surface area contributed by atoms with Crippen molar-refractivity contribution in [3.05, 3.63) is 58.3 Å². The number of morpholine rings is 1. The van der Waals surface area contributed by atoms with E-state index in [1.54, 1.807) is 0 Å². The van der Waals surface area contributed by atoms with Crippen LogP contribution in [0, 0.1) is 13.8 Å². The Hall–Kier alpha value is -2.35. The maximum absolute atomic E-state index is 13.4. The number of aromatic nitrogens is 1. The molecule has 1 aromatic carbocycles. The summed E-state index contributed by atoms with van der Waals surface area (Å²) in [5, 5.41) is 0.763. The third-order valence-corrected chi connectivity index (χ3v) is 7.05. The fourth-order valence-electron chi connectivity index (χ4n) is 4.28. The molecule has 2 saturated heterocycles. The molecule has 6 nitrogen and oxygen atoms in total. The molecule has 0 bridgehead atoms. The molecule has 2 aliphatic heterocycles. The fraction of sp³-hybridized carbons (Fsp3) is 0.440. The largest absolute Gasteiger partial charge is 0.379 e. The van der Waals surface area contributed by atoms with E-state index in [9.17, 15) is 4.79 Å². The Morgan fingerprint density at radius 3 is 2.56 bits per heavy atom. The lowest BCUT2D eigenvalue weighted by Crippen LogP contribution is -2.38. The SMILES string of the molecule is CCn1c(C)cc(/C=C2\SC(=Nc3ccccc3)N(CCCN3CCOCC3)C2=O)c1C. The van der Waals surface area contributed by atoms with Gasteiger partial charge in [-0.05, 0) is 68.8 Å². The summed E-state index contributed by atoms with van der Waals surface area (Å²) in [5.74, 6) is 0.0490. The Morgan fingerprint density at radius 2 is 1.88 bits per heavy atom. The van der Waals surface area contributed by atoms with Crippen molar-refractivity contribution < 1.29 is 9.53 Å². The summed E-state index contributed by atoms with van der Waals surface area (Å²) in [4.78, 5) is 23.2. The molecular formula is C25H32N4O2S. The first kappa shape index (κ1) is 22.8. The molecule has 1 amide bonds. The van der Waals surface area contributed by atoms with Crippen LogP contribution in [0.15, 0.2) is 46.3 Å². The van der Waals surface area contributed by atoms with Crippen LogP contribution in [0.25, 0.3) is 6.08 Å². The van der Waals surface area contributed by atoms with Crippen LogP contribution in [0.3, 0.4) is 0 Å². The topological polar surface area (TPSA) is 50.1 Å². The number of rotatable bonds is 7. The van der Waals surface area contributed by atoms with E-state index in [4.69, 9.17) is 9.73 Å². The third-order valence-electron chi connectivity index (χ3n) is 6.04. The molecular weight excluding hydrogens is 420 g/mol. The third kappa shape index (κ3) is 5.17. The summed E-state index contributed by atoms with van der Waals surface area (Å²) in [6.45, 7) is 12.5. The van der Waals surface area contributed by atoms with E-state index < -0.39 is 0 Å². The predicted octanol–water partition coefficient (Wildman–Crippen LogP) is 4.45. The van der Waals surface area contributed by atoms with Gasteiger partial charge in [0.25, 0.3) is 5.91 Å². The molecule has 170 valence electrons. The van der Waals surface area contributed by atoms with Crippen molar-refractivity contribution in [2.75, 3.05) is 39.4 Å². The van der Waals surface area contributed by atoms with Crippen LogP contribution in [-0.2, 0) is 16.1 Å². The van der Waals surface area contributed by atoms with E-state index in [0.717, 1.165) is 67.1 Å². The van der Waals surface area contributed by atoms with Crippen LogP contribution in [-0.4, -0.2) is 64.8 Å². The van der Waals surface area contributed by atoms with Gasteiger partial charge in [0, 0.05) is 44.1 Å². The molecule has 1 aromatic heterocycles. The number of ether oxygens (including phenoxy) is 1. The van der Waals surface area contributed by atoms with Crippen molar-refractivity contribution in [3.8, 4) is 0 Å². The van der Waals surface area contributed by atoms with E-state index in [0.29, 0.717) is 6.54 Å². The number of hydrogen-bond donors (Lipinski definition) is 0. The maximum Gasteiger partial charge on any atom is 0.266 e. The highest BCUT2D eigenvalue weighted by molar-refractivity contribution is 8.18. The average Bonchev–Trinajstić information content (AvgIpc) is 3.24. The fourth-order valence-corrected chi connectivity index (χ4v) is 5.30. The van der Waals surface area contributed by atoms with Gasteiger partial charge in [-0.3, -0.25) is 14.6 Å². The van der Waals surface area contributed by atoms with Crippen molar-refractivity contribution in [1.29, 1.82) is 0 Å². The van der Waals surface area contributed by atoms with Crippen LogP contribution < -0.4 is 0 Å². The zero-order chi connectivity index (χ0) is 22.5. The first-order valence-electron chi connectivity index (χ1n) is 11.4. The highest BCUT2D eigenvalue weighted by Gasteiger charge is 2.33. The van der Waals surface area contributed by atoms with E-state index >= 15 is 0 Å². The molecule has 0 unspecified atom stereocenters. The number of aliphatic imine (C=N–C) groups is 1. The van der Waals surface area contributed by atoms with Gasteiger partial charge in [-0.15, -0.1) is 0 Å². The zero-order valence-corrected chi connectivity index (χ0v) is 20.0. The molecule has 0 atom stereocenters. The molecule has 0 spiro atoms. The summed E-state index contributed by atoms with van der Waals surface area (Å²) in [7, 11) is 0. The molecule has 0 N–H and O–H groups in total. The molecule has 0 saturated carbocycles. The summed E-state index contributed by atoms with van der Waals surface area (Å²) in [5.41, 5.74) is 4.38. The van der Waals surface area contributed by atoms with E-state index in [1.165, 1.54) is 23.1 Å². The van der Waals surface area contributed by atoms with Gasteiger partial charge in [0.1, 0.15) is 0 Å². The van der Waals surface area contributed by atoms with E-state index in [1.807, 2.05) is 41.3 Å². The summed E-state index contributed by atoms with van der Waals surface area (Å²) in [6.07, 6.45) is 2.95. The smallest absolute Gasteiger partial charge is 0.266 e. The van der Waals surface area contributed by atoms with Crippen molar-refractivity contribution in [1.82, 2.24) is 14.4 Å². The summed E-state index contributed by atoms with van der Waals surface area (Å²) in [6, 6.07) is 12.0. The monoisotopic (exact) mass is 452 g/mol. The van der Waals surface area contributed by atoms with Gasteiger partial charge in [0.2, 0.25) is 0 Å². The Bertz CT molecular complexity index is 1010. The Balaban J connectivity index is 1.56. The number of hydrogen-bond acceptors (Lipinski definition) is 5. The van der Waals surface area contributed by atoms with Crippen LogP contribution in [0.2, 0.25) is 0 Å². The Kier molecular flexibility index (Phi) is 7.50. The number of thioether (sulfide) groups is 1. The molecule has 2 aromatic rings. The quantitative estimate of drug-likeness (QED) is 0.583. The predicted molar refractivity (Wildman–Crippen MR) is 132 cm³/mol. The van der Waals surface area contributed by atoms with Crippen molar-refractivity contribution in [3.63, 3.8) is 0 Å². The maximum atomic E-state index is 13.4. The second kappa shape index (κ2) is 10.5. The number of aryl methyl sites for hydroxylation is 1. The molecule has 3 heterocycles. The van der Waals surface area contributed by atoms with Gasteiger partial charge in [0.05, 0.1) is 23.8 Å². The average molecular weight is 453 g/mol. The van der Waals surface area contributed by atoms with E-state index in [2.05, 4.69) is 36.3 Å². The second-order valence-corrected chi connectivity index (χ2v) is 9.18. The molecule has 2 fully saturated rings. The number of para-hydroxylation sites is 1. The van der Waals surface area contributed by atoms with Crippen molar-refractivity contribution in [2.45, 2.75) is 33.7 Å². The molecule has 0 radical (unpaired) electrons.